The van der Waals surface area contributed by atoms with Crippen LogP contribution in [0.5, 0.6) is 0 Å². The molecule has 2 saturated heterocycles. The fraction of sp³-hybridized carbons (Fsp3) is 0.525. The van der Waals surface area contributed by atoms with E-state index in [1.165, 1.54) is 0 Å². The van der Waals surface area contributed by atoms with E-state index in [-0.39, 0.29) is 30.8 Å². The van der Waals surface area contributed by atoms with Crippen LogP contribution >= 0.6 is 0 Å². The van der Waals surface area contributed by atoms with Crippen LogP contribution in [-0.4, -0.2) is 114 Å². The van der Waals surface area contributed by atoms with Crippen molar-refractivity contribution >= 4 is 6.03 Å². The molecule has 4 atom stereocenters. The topological polar surface area (TPSA) is 129 Å². The van der Waals surface area contributed by atoms with Gasteiger partial charge in [-0.1, -0.05) is 78.9 Å². The minimum absolute atomic E-state index is 0.0324. The summed E-state index contributed by atoms with van der Waals surface area (Å²) in [6.07, 6.45) is -1.26. The standard InChI is InChI=1S/C40H55N3O9/c1-2-41-40(45)42-28-31-8-14-35(15-9-31)39-51-36(29-43-16-18-46-20-22-48-24-26-50-27-25-49-23-21-47-19-17-43)37(33-6-4-3-5-7-33)38(52-39)34-12-10-32(30-44)11-13-34/h3-15,36-39,44H,2,16-30H2,1H3,(H2,41,42,45)/t36-,37-,38+,39?/m1/s1. The molecule has 5 rings (SSSR count). The monoisotopic (exact) mass is 721 g/mol. The Morgan fingerprint density at radius 1 is 0.654 bits per heavy atom. The van der Waals surface area contributed by atoms with Gasteiger partial charge in [-0.2, -0.15) is 0 Å². The summed E-state index contributed by atoms with van der Waals surface area (Å²) in [6, 6.07) is 26.1. The lowest BCUT2D eigenvalue weighted by atomic mass is 9.83. The number of urea groups is 1. The van der Waals surface area contributed by atoms with Crippen LogP contribution in [0.15, 0.2) is 78.9 Å². The number of carbonyl (C=O) groups is 1. The molecule has 2 heterocycles. The minimum atomic E-state index is -0.649. The number of hydrogen-bond acceptors (Lipinski definition) is 10. The highest BCUT2D eigenvalue weighted by atomic mass is 16.7. The van der Waals surface area contributed by atoms with E-state index in [0.29, 0.717) is 98.8 Å². The van der Waals surface area contributed by atoms with Gasteiger partial charge in [0.1, 0.15) is 0 Å². The Labute approximate surface area is 307 Å². The molecule has 12 heteroatoms. The van der Waals surface area contributed by atoms with Gasteiger partial charge in [0.15, 0.2) is 6.29 Å². The van der Waals surface area contributed by atoms with Gasteiger partial charge in [-0.3, -0.25) is 4.90 Å². The molecule has 0 aliphatic carbocycles. The number of aliphatic hydroxyl groups excluding tert-OH is 1. The second-order valence-electron chi connectivity index (χ2n) is 12.7. The summed E-state index contributed by atoms with van der Waals surface area (Å²) in [6.45, 7) is 9.92. The van der Waals surface area contributed by atoms with Crippen LogP contribution in [0.25, 0.3) is 0 Å². The fourth-order valence-corrected chi connectivity index (χ4v) is 6.28. The molecule has 12 nitrogen and oxygen atoms in total. The largest absolute Gasteiger partial charge is 0.392 e. The molecule has 3 aromatic rings. The maximum atomic E-state index is 12.0. The molecule has 2 aliphatic heterocycles. The molecule has 0 bridgehead atoms. The molecule has 0 aromatic heterocycles. The lowest BCUT2D eigenvalue weighted by molar-refractivity contribution is -0.263. The van der Waals surface area contributed by atoms with Crippen molar-refractivity contribution in [3.05, 3.63) is 107 Å². The van der Waals surface area contributed by atoms with Gasteiger partial charge in [-0.25, -0.2) is 4.79 Å². The number of nitrogens with one attached hydrogen (secondary N) is 2. The number of hydrogen-bond donors (Lipinski definition) is 3. The van der Waals surface area contributed by atoms with Gasteiger partial charge in [0.05, 0.1) is 84.9 Å². The van der Waals surface area contributed by atoms with Crippen molar-refractivity contribution < 1.29 is 43.1 Å². The average Bonchev–Trinajstić information content (AvgIpc) is 3.18. The van der Waals surface area contributed by atoms with Crippen molar-refractivity contribution in [3.8, 4) is 0 Å². The van der Waals surface area contributed by atoms with Crippen molar-refractivity contribution in [1.29, 1.82) is 0 Å². The van der Waals surface area contributed by atoms with Crippen LogP contribution in [0, 0.1) is 0 Å². The van der Waals surface area contributed by atoms with Crippen LogP contribution in [0.3, 0.4) is 0 Å². The van der Waals surface area contributed by atoms with E-state index in [4.69, 9.17) is 33.2 Å². The summed E-state index contributed by atoms with van der Waals surface area (Å²) >= 11 is 0. The summed E-state index contributed by atoms with van der Waals surface area (Å²) in [5.74, 6) is -0.142. The van der Waals surface area contributed by atoms with E-state index in [9.17, 15) is 9.90 Å². The normalized spacial score (nSPS) is 23.6. The van der Waals surface area contributed by atoms with Gasteiger partial charge in [0.25, 0.3) is 0 Å². The van der Waals surface area contributed by atoms with Gasteiger partial charge >= 0.3 is 6.03 Å². The van der Waals surface area contributed by atoms with Crippen LogP contribution in [0.1, 0.15) is 53.1 Å². The highest BCUT2D eigenvalue weighted by Gasteiger charge is 2.42. The van der Waals surface area contributed by atoms with E-state index in [1.54, 1.807) is 0 Å². The summed E-state index contributed by atoms with van der Waals surface area (Å²) in [5, 5.41) is 15.4. The summed E-state index contributed by atoms with van der Waals surface area (Å²) < 4.78 is 42.7. The Morgan fingerprint density at radius 3 is 1.75 bits per heavy atom. The first-order valence-corrected chi connectivity index (χ1v) is 18.4. The van der Waals surface area contributed by atoms with Gasteiger partial charge in [-0.05, 0) is 29.2 Å². The molecule has 2 amide bonds. The number of benzene rings is 3. The number of ether oxygens (including phenoxy) is 7. The second kappa shape index (κ2) is 22.6. The summed E-state index contributed by atoms with van der Waals surface area (Å²) in [7, 11) is 0. The highest BCUT2D eigenvalue weighted by molar-refractivity contribution is 5.73. The molecule has 52 heavy (non-hydrogen) atoms. The molecule has 3 aromatic carbocycles. The van der Waals surface area contributed by atoms with Gasteiger partial charge in [0, 0.05) is 44.2 Å². The molecule has 284 valence electrons. The van der Waals surface area contributed by atoms with E-state index >= 15 is 0 Å². The van der Waals surface area contributed by atoms with Gasteiger partial charge in [-0.15, -0.1) is 0 Å². The Morgan fingerprint density at radius 2 is 1.19 bits per heavy atom. The third kappa shape index (κ3) is 12.9. The molecule has 2 aliphatic rings. The lowest BCUT2D eigenvalue weighted by Crippen LogP contribution is -2.46. The van der Waals surface area contributed by atoms with Crippen molar-refractivity contribution in [2.24, 2.45) is 0 Å². The van der Waals surface area contributed by atoms with E-state index in [1.807, 2.05) is 73.7 Å². The average molecular weight is 722 g/mol. The number of carbonyl (C=O) groups excluding carboxylic acids is 1. The molecule has 0 radical (unpaired) electrons. The Bertz CT molecular complexity index is 1400. The van der Waals surface area contributed by atoms with Crippen LogP contribution in [0.2, 0.25) is 0 Å². The molecular weight excluding hydrogens is 666 g/mol. The smallest absolute Gasteiger partial charge is 0.315 e. The molecule has 2 fully saturated rings. The third-order valence-electron chi connectivity index (χ3n) is 9.04. The highest BCUT2D eigenvalue weighted by Crippen LogP contribution is 2.47. The van der Waals surface area contributed by atoms with E-state index in [0.717, 1.165) is 27.8 Å². The zero-order valence-corrected chi connectivity index (χ0v) is 30.3. The first kappa shape index (κ1) is 39.8. The maximum Gasteiger partial charge on any atom is 0.315 e. The van der Waals surface area contributed by atoms with Gasteiger partial charge < -0.3 is 48.9 Å². The molecular formula is C40H55N3O9. The molecule has 3 N–H and O–H groups in total. The number of rotatable bonds is 9. The Hall–Kier alpha value is -3.43. The quantitative estimate of drug-likeness (QED) is 0.294. The number of aliphatic hydroxyl groups is 1. The second-order valence-corrected chi connectivity index (χ2v) is 12.7. The molecule has 1 unspecified atom stereocenters. The molecule has 0 saturated carbocycles. The van der Waals surface area contributed by atoms with Crippen LogP contribution in [-0.2, 0) is 46.3 Å². The predicted octanol–water partition coefficient (Wildman–Crippen LogP) is 4.34. The number of amides is 2. The zero-order chi connectivity index (χ0) is 36.2. The fourth-order valence-electron chi connectivity index (χ4n) is 6.28. The van der Waals surface area contributed by atoms with Crippen molar-refractivity contribution in [2.45, 2.75) is 44.5 Å². The van der Waals surface area contributed by atoms with E-state index in [2.05, 4.69) is 27.7 Å². The van der Waals surface area contributed by atoms with Gasteiger partial charge in [0.2, 0.25) is 0 Å². The predicted molar refractivity (Wildman–Crippen MR) is 196 cm³/mol. The lowest BCUT2D eigenvalue weighted by Gasteiger charge is -2.44. The first-order valence-electron chi connectivity index (χ1n) is 18.4. The van der Waals surface area contributed by atoms with E-state index < -0.39 is 6.29 Å². The maximum absolute atomic E-state index is 12.0. The van der Waals surface area contributed by atoms with Crippen molar-refractivity contribution in [3.63, 3.8) is 0 Å². The summed E-state index contributed by atoms with van der Waals surface area (Å²) in [4.78, 5) is 14.3. The zero-order valence-electron chi connectivity index (χ0n) is 30.3. The Kier molecular flexibility index (Phi) is 17.3. The third-order valence-corrected chi connectivity index (χ3v) is 9.04. The number of nitrogens with zero attached hydrogens (tertiary/aromatic N) is 1. The summed E-state index contributed by atoms with van der Waals surface area (Å²) in [5.41, 5.74) is 4.80. The molecule has 0 spiro atoms. The minimum Gasteiger partial charge on any atom is -0.392 e. The van der Waals surface area contributed by atoms with Crippen LogP contribution < -0.4 is 10.6 Å². The van der Waals surface area contributed by atoms with Crippen LogP contribution in [0.4, 0.5) is 4.79 Å². The van der Waals surface area contributed by atoms with Crippen molar-refractivity contribution in [1.82, 2.24) is 15.5 Å². The Balaban J connectivity index is 1.39. The van der Waals surface area contributed by atoms with Crippen molar-refractivity contribution in [2.75, 3.05) is 92.2 Å². The SMILES string of the molecule is CCNC(=O)NCc1ccc(C2O[C@H](CN3CCOCCOCCOCCOCCOCC3)[C@@H](c3ccccc3)[C@H](c3ccc(CO)cc3)O2)cc1. The first-order chi connectivity index (χ1) is 25.6.